The second kappa shape index (κ2) is 7.60. The second-order valence-corrected chi connectivity index (χ2v) is 9.37. The Hall–Kier alpha value is -1.72. The number of carbonyl (C=O) groups is 1. The summed E-state index contributed by atoms with van der Waals surface area (Å²) >= 11 is 12.5. The van der Waals surface area contributed by atoms with Crippen LogP contribution in [-0.2, 0) is 4.74 Å². The highest BCUT2D eigenvalue weighted by molar-refractivity contribution is 6.38. The highest BCUT2D eigenvalue weighted by Gasteiger charge is 2.35. The predicted octanol–water partition coefficient (Wildman–Crippen LogP) is 5.68. The van der Waals surface area contributed by atoms with E-state index in [9.17, 15) is 4.79 Å². The van der Waals surface area contributed by atoms with Gasteiger partial charge in [-0.15, -0.1) is 0 Å². The summed E-state index contributed by atoms with van der Waals surface area (Å²) in [4.78, 5) is 21.2. The first-order valence-corrected chi connectivity index (χ1v) is 10.2. The summed E-state index contributed by atoms with van der Waals surface area (Å²) in [6.07, 6.45) is -0.260. The Balaban J connectivity index is 1.88. The Morgan fingerprint density at radius 1 is 1.14 bits per heavy atom. The molecule has 3 rings (SSSR count). The molecule has 1 amide bonds. The lowest BCUT2D eigenvalue weighted by molar-refractivity contribution is 0.00566. The summed E-state index contributed by atoms with van der Waals surface area (Å²) in [7, 11) is 0. The number of rotatable bonds is 1. The van der Waals surface area contributed by atoms with E-state index in [4.69, 9.17) is 27.9 Å². The lowest BCUT2D eigenvalue weighted by Crippen LogP contribution is -2.59. The number of carbonyl (C=O) groups excluding carboxylic acids is 1. The highest BCUT2D eigenvalue weighted by Crippen LogP contribution is 2.33. The molecule has 2 atom stereocenters. The molecule has 0 bridgehead atoms. The van der Waals surface area contributed by atoms with Gasteiger partial charge in [0.2, 0.25) is 0 Å². The number of amides is 1. The van der Waals surface area contributed by atoms with E-state index in [1.54, 1.807) is 6.07 Å². The molecule has 0 unspecified atom stereocenters. The number of halogens is 2. The van der Waals surface area contributed by atoms with E-state index in [1.165, 1.54) is 0 Å². The van der Waals surface area contributed by atoms with Crippen molar-refractivity contribution in [1.29, 1.82) is 0 Å². The molecule has 0 aliphatic carbocycles. The lowest BCUT2D eigenvalue weighted by atomic mass is 10.0. The topological polar surface area (TPSA) is 45.7 Å². The number of pyridine rings is 1. The fraction of sp³-hybridized carbons (Fsp3) is 0.524. The maximum absolute atomic E-state index is 12.6. The third-order valence-electron chi connectivity index (χ3n) is 4.90. The number of piperazine rings is 1. The predicted molar refractivity (Wildman–Crippen MR) is 116 cm³/mol. The van der Waals surface area contributed by atoms with Crippen molar-refractivity contribution >= 4 is 45.9 Å². The molecule has 0 N–H and O–H groups in total. The van der Waals surface area contributed by atoms with E-state index in [-0.39, 0.29) is 18.2 Å². The molecule has 152 valence electrons. The number of hydrogen-bond donors (Lipinski definition) is 0. The number of anilines is 1. The normalized spacial score (nSPS) is 20.6. The minimum Gasteiger partial charge on any atom is -0.444 e. The van der Waals surface area contributed by atoms with Gasteiger partial charge < -0.3 is 9.64 Å². The largest absolute Gasteiger partial charge is 0.444 e. The average Bonchev–Trinajstić information content (AvgIpc) is 2.53. The minimum absolute atomic E-state index is 0.0217. The zero-order valence-electron chi connectivity index (χ0n) is 17.2. The van der Waals surface area contributed by atoms with Crippen molar-refractivity contribution in [2.24, 2.45) is 0 Å². The van der Waals surface area contributed by atoms with Crippen molar-refractivity contribution in [2.75, 3.05) is 18.0 Å². The lowest BCUT2D eigenvalue weighted by Gasteiger charge is -2.45. The highest BCUT2D eigenvalue weighted by atomic mass is 35.5. The second-order valence-electron chi connectivity index (χ2n) is 8.58. The van der Waals surface area contributed by atoms with Gasteiger partial charge in [-0.25, -0.2) is 9.78 Å². The molecule has 7 heteroatoms. The van der Waals surface area contributed by atoms with Gasteiger partial charge >= 0.3 is 6.09 Å². The third-order valence-corrected chi connectivity index (χ3v) is 5.40. The van der Waals surface area contributed by atoms with Crippen molar-refractivity contribution in [1.82, 2.24) is 9.88 Å². The van der Waals surface area contributed by atoms with Crippen LogP contribution in [0.25, 0.3) is 10.9 Å². The molecular formula is C21H27Cl2N3O2. The standard InChI is InChI=1S/C21H27Cl2N3O2/c1-12-7-15(8-16-17(22)9-18(23)24-19(12)16)25-10-13(2)26(14(3)11-25)20(27)28-21(4,5)6/h7-9,13-14H,10-11H2,1-6H3/t13-,14-/m1/s1. The molecule has 1 aromatic heterocycles. The molecule has 0 radical (unpaired) electrons. The summed E-state index contributed by atoms with van der Waals surface area (Å²) in [5.41, 5.74) is 2.40. The third kappa shape index (κ3) is 4.31. The molecule has 1 saturated heterocycles. The quantitative estimate of drug-likeness (QED) is 0.553. The average molecular weight is 424 g/mol. The number of hydrogen-bond acceptors (Lipinski definition) is 4. The van der Waals surface area contributed by atoms with Gasteiger partial charge in [-0.05, 0) is 65.3 Å². The Morgan fingerprint density at radius 3 is 2.32 bits per heavy atom. The summed E-state index contributed by atoms with van der Waals surface area (Å²) in [6.45, 7) is 13.2. The van der Waals surface area contributed by atoms with Crippen molar-refractivity contribution in [3.63, 3.8) is 0 Å². The number of ether oxygens (including phenoxy) is 1. The van der Waals surface area contributed by atoms with Crippen molar-refractivity contribution < 1.29 is 9.53 Å². The van der Waals surface area contributed by atoms with E-state index in [1.807, 2.05) is 32.6 Å². The van der Waals surface area contributed by atoms with Crippen LogP contribution < -0.4 is 4.90 Å². The van der Waals surface area contributed by atoms with E-state index >= 15 is 0 Å². The van der Waals surface area contributed by atoms with Crippen molar-refractivity contribution in [3.05, 3.63) is 33.9 Å². The summed E-state index contributed by atoms with van der Waals surface area (Å²) < 4.78 is 5.59. The molecule has 0 saturated carbocycles. The molecule has 1 aliphatic rings. The molecule has 1 aromatic carbocycles. The smallest absolute Gasteiger partial charge is 0.410 e. The van der Waals surface area contributed by atoms with Crippen LogP contribution in [0.5, 0.6) is 0 Å². The number of nitrogens with zero attached hydrogens (tertiary/aromatic N) is 3. The minimum atomic E-state index is -0.506. The molecule has 28 heavy (non-hydrogen) atoms. The van der Waals surface area contributed by atoms with Gasteiger partial charge in [-0.2, -0.15) is 0 Å². The van der Waals surface area contributed by atoms with E-state index < -0.39 is 5.60 Å². The molecule has 0 spiro atoms. The van der Waals surface area contributed by atoms with Crippen molar-refractivity contribution in [3.8, 4) is 0 Å². The Bertz CT molecular complexity index is 899. The van der Waals surface area contributed by atoms with Crippen LogP contribution in [-0.4, -0.2) is 46.8 Å². The maximum atomic E-state index is 12.6. The maximum Gasteiger partial charge on any atom is 0.410 e. The van der Waals surface area contributed by atoms with Gasteiger partial charge in [0.05, 0.1) is 22.6 Å². The van der Waals surface area contributed by atoms with Crippen LogP contribution in [0.3, 0.4) is 0 Å². The summed E-state index contributed by atoms with van der Waals surface area (Å²) in [5.74, 6) is 0. The SMILES string of the molecule is Cc1cc(N2C[C@@H](C)N(C(=O)OC(C)(C)C)[C@H](C)C2)cc2c(Cl)cc(Cl)nc12. The van der Waals surface area contributed by atoms with Gasteiger partial charge in [0, 0.05) is 24.2 Å². The molecule has 1 fully saturated rings. The van der Waals surface area contributed by atoms with Gasteiger partial charge in [-0.1, -0.05) is 23.2 Å². The first-order chi connectivity index (χ1) is 13.0. The Kier molecular flexibility index (Phi) is 5.70. The monoisotopic (exact) mass is 423 g/mol. The molecule has 1 aliphatic heterocycles. The fourth-order valence-corrected chi connectivity index (χ4v) is 4.30. The zero-order chi connectivity index (χ0) is 20.8. The molecule has 2 heterocycles. The van der Waals surface area contributed by atoms with Crippen LogP contribution in [0.1, 0.15) is 40.2 Å². The van der Waals surface area contributed by atoms with E-state index in [2.05, 4.69) is 35.9 Å². The summed E-state index contributed by atoms with van der Waals surface area (Å²) in [6, 6.07) is 5.86. The molecule has 2 aromatic rings. The Labute approximate surface area is 176 Å². The zero-order valence-corrected chi connectivity index (χ0v) is 18.7. The van der Waals surface area contributed by atoms with Crippen LogP contribution in [0.2, 0.25) is 10.2 Å². The Morgan fingerprint density at radius 2 is 1.75 bits per heavy atom. The van der Waals surface area contributed by atoms with E-state index in [0.29, 0.717) is 23.3 Å². The number of benzene rings is 1. The first kappa shape index (κ1) is 21.0. The van der Waals surface area contributed by atoms with Gasteiger partial charge in [-0.3, -0.25) is 4.90 Å². The summed E-state index contributed by atoms with van der Waals surface area (Å²) in [5, 5.41) is 1.87. The fourth-order valence-electron chi connectivity index (χ4n) is 3.80. The van der Waals surface area contributed by atoms with E-state index in [0.717, 1.165) is 22.2 Å². The van der Waals surface area contributed by atoms with Crippen LogP contribution in [0.4, 0.5) is 10.5 Å². The molecule has 5 nitrogen and oxygen atoms in total. The molecular weight excluding hydrogens is 397 g/mol. The van der Waals surface area contributed by atoms with Gasteiger partial charge in [0.1, 0.15) is 10.8 Å². The number of aryl methyl sites for hydroxylation is 1. The van der Waals surface area contributed by atoms with Gasteiger partial charge in [0.25, 0.3) is 0 Å². The number of aromatic nitrogens is 1. The van der Waals surface area contributed by atoms with Crippen molar-refractivity contribution in [2.45, 2.75) is 59.2 Å². The van der Waals surface area contributed by atoms with Crippen LogP contribution in [0, 0.1) is 6.92 Å². The number of fused-ring (bicyclic) bond motifs is 1. The first-order valence-electron chi connectivity index (χ1n) is 9.49. The van der Waals surface area contributed by atoms with Crippen LogP contribution >= 0.6 is 23.2 Å². The van der Waals surface area contributed by atoms with Gasteiger partial charge in [0.15, 0.2) is 0 Å². The van der Waals surface area contributed by atoms with Crippen LogP contribution in [0.15, 0.2) is 18.2 Å².